The van der Waals surface area contributed by atoms with Crippen molar-refractivity contribution in [2.45, 2.75) is 26.2 Å². The lowest BCUT2D eigenvalue weighted by molar-refractivity contribution is 0.0695. The van der Waals surface area contributed by atoms with Gasteiger partial charge in [0.1, 0.15) is 4.83 Å². The van der Waals surface area contributed by atoms with Gasteiger partial charge in [-0.25, -0.2) is 4.68 Å². The Morgan fingerprint density at radius 3 is 2.52 bits per heavy atom. The van der Waals surface area contributed by atoms with Crippen LogP contribution in [0, 0.1) is 12.8 Å². The molecular formula is C25H24ClN3OS. The van der Waals surface area contributed by atoms with Gasteiger partial charge < -0.3 is 4.90 Å². The maximum atomic E-state index is 13.2. The molecule has 0 unspecified atom stereocenters. The van der Waals surface area contributed by atoms with E-state index in [0.717, 1.165) is 58.8 Å². The number of rotatable bonds is 4. The Labute approximate surface area is 191 Å². The molecule has 0 aliphatic carbocycles. The van der Waals surface area contributed by atoms with E-state index < -0.39 is 0 Å². The van der Waals surface area contributed by atoms with Crippen LogP contribution in [0.2, 0.25) is 5.02 Å². The molecule has 0 atom stereocenters. The van der Waals surface area contributed by atoms with Gasteiger partial charge in [0.2, 0.25) is 0 Å². The van der Waals surface area contributed by atoms with E-state index in [9.17, 15) is 4.79 Å². The summed E-state index contributed by atoms with van der Waals surface area (Å²) < 4.78 is 1.91. The van der Waals surface area contributed by atoms with Crippen LogP contribution in [0.25, 0.3) is 15.9 Å². The van der Waals surface area contributed by atoms with Gasteiger partial charge in [-0.2, -0.15) is 5.10 Å². The molecule has 1 aliphatic rings. The summed E-state index contributed by atoms with van der Waals surface area (Å²) in [5, 5.41) is 6.41. The first-order valence-electron chi connectivity index (χ1n) is 10.7. The summed E-state index contributed by atoms with van der Waals surface area (Å²) in [5.41, 5.74) is 3.27. The zero-order valence-electron chi connectivity index (χ0n) is 17.4. The topological polar surface area (TPSA) is 38.1 Å². The molecule has 6 heteroatoms. The molecule has 1 amide bonds. The Bertz CT molecular complexity index is 1210. The summed E-state index contributed by atoms with van der Waals surface area (Å²) in [6.07, 6.45) is 3.22. The van der Waals surface area contributed by atoms with E-state index >= 15 is 0 Å². The molecule has 0 radical (unpaired) electrons. The van der Waals surface area contributed by atoms with Crippen LogP contribution in [0.3, 0.4) is 0 Å². The van der Waals surface area contributed by atoms with E-state index in [1.807, 2.05) is 46.8 Å². The summed E-state index contributed by atoms with van der Waals surface area (Å²) in [4.78, 5) is 17.0. The van der Waals surface area contributed by atoms with E-state index in [2.05, 4.69) is 35.4 Å². The van der Waals surface area contributed by atoms with Gasteiger partial charge in [-0.1, -0.05) is 41.9 Å². The molecule has 0 N–H and O–H groups in total. The van der Waals surface area contributed by atoms with Gasteiger partial charge >= 0.3 is 0 Å². The van der Waals surface area contributed by atoms with Gasteiger partial charge in [-0.05, 0) is 68.0 Å². The Balaban J connectivity index is 1.31. The van der Waals surface area contributed by atoms with Gasteiger partial charge in [0.15, 0.2) is 0 Å². The molecule has 0 spiro atoms. The molecule has 31 heavy (non-hydrogen) atoms. The number of hydrogen-bond acceptors (Lipinski definition) is 3. The van der Waals surface area contributed by atoms with Crippen LogP contribution in [0.5, 0.6) is 0 Å². The van der Waals surface area contributed by atoms with E-state index in [1.165, 1.54) is 16.9 Å². The third kappa shape index (κ3) is 4.12. The van der Waals surface area contributed by atoms with Gasteiger partial charge in [-0.3, -0.25) is 4.79 Å². The van der Waals surface area contributed by atoms with Crippen LogP contribution in [-0.4, -0.2) is 33.7 Å². The number of aromatic nitrogens is 2. The van der Waals surface area contributed by atoms with Gasteiger partial charge in [0.25, 0.3) is 5.91 Å². The normalized spacial score (nSPS) is 15.0. The maximum absolute atomic E-state index is 13.2. The Morgan fingerprint density at radius 2 is 1.81 bits per heavy atom. The zero-order chi connectivity index (χ0) is 21.4. The second kappa shape index (κ2) is 8.48. The van der Waals surface area contributed by atoms with Crippen molar-refractivity contribution in [1.82, 2.24) is 14.7 Å². The monoisotopic (exact) mass is 449 g/mol. The van der Waals surface area contributed by atoms with Crippen LogP contribution in [-0.2, 0) is 6.42 Å². The van der Waals surface area contributed by atoms with E-state index in [-0.39, 0.29) is 5.91 Å². The molecule has 1 aliphatic heterocycles. The predicted octanol–water partition coefficient (Wildman–Crippen LogP) is 6.14. The molecule has 0 bridgehead atoms. The van der Waals surface area contributed by atoms with Gasteiger partial charge in [-0.15, -0.1) is 11.3 Å². The highest BCUT2D eigenvalue weighted by Gasteiger charge is 2.26. The van der Waals surface area contributed by atoms with Crippen molar-refractivity contribution in [2.75, 3.05) is 13.1 Å². The number of piperidine rings is 1. The number of carbonyl (C=O) groups is 1. The van der Waals surface area contributed by atoms with E-state index in [1.54, 1.807) is 0 Å². The minimum absolute atomic E-state index is 0.140. The van der Waals surface area contributed by atoms with Crippen LogP contribution >= 0.6 is 22.9 Å². The maximum Gasteiger partial charge on any atom is 0.264 e. The number of amides is 1. The number of halogens is 1. The largest absolute Gasteiger partial charge is 0.338 e. The number of benzene rings is 2. The van der Waals surface area contributed by atoms with Gasteiger partial charge in [0, 0.05) is 23.5 Å². The predicted molar refractivity (Wildman–Crippen MR) is 127 cm³/mol. The molecule has 2 aromatic heterocycles. The first-order chi connectivity index (χ1) is 15.1. The summed E-state index contributed by atoms with van der Waals surface area (Å²) in [6.45, 7) is 3.64. The summed E-state index contributed by atoms with van der Waals surface area (Å²) in [5.74, 6) is 0.788. The summed E-state index contributed by atoms with van der Waals surface area (Å²) in [7, 11) is 0. The minimum Gasteiger partial charge on any atom is -0.338 e. The lowest BCUT2D eigenvalue weighted by Gasteiger charge is -2.31. The van der Waals surface area contributed by atoms with Crippen molar-refractivity contribution < 1.29 is 4.79 Å². The number of nitrogens with zero attached hydrogens (tertiary/aromatic N) is 3. The fourth-order valence-electron chi connectivity index (χ4n) is 4.35. The molecule has 158 valence electrons. The molecule has 4 nitrogen and oxygen atoms in total. The van der Waals surface area contributed by atoms with Crippen LogP contribution in [0.1, 0.15) is 33.8 Å². The van der Waals surface area contributed by atoms with Crippen molar-refractivity contribution >= 4 is 39.1 Å². The number of fused-ring (bicyclic) bond motifs is 1. The van der Waals surface area contributed by atoms with Crippen LogP contribution in [0.15, 0.2) is 60.7 Å². The zero-order valence-corrected chi connectivity index (χ0v) is 19.0. The highest BCUT2D eigenvalue weighted by molar-refractivity contribution is 7.20. The van der Waals surface area contributed by atoms with Crippen LogP contribution < -0.4 is 0 Å². The fourth-order valence-corrected chi connectivity index (χ4v) is 5.63. The van der Waals surface area contributed by atoms with Crippen molar-refractivity contribution in [3.8, 4) is 5.69 Å². The highest BCUT2D eigenvalue weighted by atomic mass is 35.5. The highest BCUT2D eigenvalue weighted by Crippen LogP contribution is 2.32. The average Bonchev–Trinajstić information content (AvgIpc) is 3.36. The molecule has 2 aromatic carbocycles. The Morgan fingerprint density at radius 1 is 1.10 bits per heavy atom. The molecular weight excluding hydrogens is 426 g/mol. The minimum atomic E-state index is 0.140. The fraction of sp³-hybridized carbons (Fsp3) is 0.280. The average molecular weight is 450 g/mol. The molecule has 1 fully saturated rings. The van der Waals surface area contributed by atoms with Gasteiger partial charge in [0.05, 0.1) is 16.3 Å². The SMILES string of the molecule is Cc1nn(-c2ccc(Cl)cc2)c2sc(C(=O)N3CCC(Cc4ccccc4)CC3)cc12. The number of carbonyl (C=O) groups excluding carboxylic acids is 1. The second-order valence-corrected chi connectivity index (χ2v) is 9.70. The third-order valence-electron chi connectivity index (χ3n) is 6.10. The Kier molecular flexibility index (Phi) is 5.55. The quantitative estimate of drug-likeness (QED) is 0.375. The standard InChI is InChI=1S/C25H24ClN3OS/c1-17-22-16-23(31-25(22)29(27-17)21-9-7-20(26)8-10-21)24(30)28-13-11-19(12-14-28)15-18-5-3-2-4-6-18/h2-10,16,19H,11-15H2,1H3. The molecule has 5 rings (SSSR count). The smallest absolute Gasteiger partial charge is 0.264 e. The second-order valence-electron chi connectivity index (χ2n) is 8.23. The first kappa shape index (κ1) is 20.3. The molecule has 3 heterocycles. The molecule has 1 saturated heterocycles. The van der Waals surface area contributed by atoms with Crippen molar-refractivity contribution in [1.29, 1.82) is 0 Å². The van der Waals surface area contributed by atoms with Crippen molar-refractivity contribution in [3.63, 3.8) is 0 Å². The number of aryl methyl sites for hydroxylation is 1. The van der Waals surface area contributed by atoms with E-state index in [4.69, 9.17) is 11.6 Å². The van der Waals surface area contributed by atoms with E-state index in [0.29, 0.717) is 10.9 Å². The first-order valence-corrected chi connectivity index (χ1v) is 11.9. The lowest BCUT2D eigenvalue weighted by atomic mass is 9.90. The summed E-state index contributed by atoms with van der Waals surface area (Å²) in [6, 6.07) is 20.3. The Hall–Kier alpha value is -2.63. The molecule has 4 aromatic rings. The van der Waals surface area contributed by atoms with Crippen molar-refractivity contribution in [3.05, 3.63) is 81.8 Å². The van der Waals surface area contributed by atoms with Crippen molar-refractivity contribution in [2.24, 2.45) is 5.92 Å². The molecule has 0 saturated carbocycles. The summed E-state index contributed by atoms with van der Waals surface area (Å²) >= 11 is 7.56. The number of hydrogen-bond donors (Lipinski definition) is 0. The number of thiophene rings is 1. The van der Waals surface area contributed by atoms with Crippen LogP contribution in [0.4, 0.5) is 0 Å². The lowest BCUT2D eigenvalue weighted by Crippen LogP contribution is -2.38. The third-order valence-corrected chi connectivity index (χ3v) is 7.45. The number of likely N-dealkylation sites (tertiary alicyclic amines) is 1.